The van der Waals surface area contributed by atoms with Crippen LogP contribution in [0, 0.1) is 10.1 Å². The van der Waals surface area contributed by atoms with Gasteiger partial charge in [0.05, 0.1) is 22.5 Å². The maximum atomic E-state index is 10.7. The molecule has 0 N–H and O–H groups in total. The summed E-state index contributed by atoms with van der Waals surface area (Å²) < 4.78 is 2.07. The molecule has 3 rings (SSSR count). The van der Waals surface area contributed by atoms with Gasteiger partial charge < -0.3 is 9.47 Å². The Labute approximate surface area is 127 Å². The summed E-state index contributed by atoms with van der Waals surface area (Å²) in [6, 6.07) is 14.5. The molecule has 0 amide bonds. The van der Waals surface area contributed by atoms with Crippen LogP contribution >= 0.6 is 0 Å². The van der Waals surface area contributed by atoms with Crippen LogP contribution in [0.1, 0.15) is 5.82 Å². The van der Waals surface area contributed by atoms with Gasteiger partial charge in [0, 0.05) is 31.9 Å². The molecule has 0 aliphatic carbocycles. The van der Waals surface area contributed by atoms with E-state index in [9.17, 15) is 10.1 Å². The molecule has 22 heavy (non-hydrogen) atoms. The zero-order chi connectivity index (χ0) is 15.7. The van der Waals surface area contributed by atoms with Crippen LogP contribution in [0.5, 0.6) is 0 Å². The normalized spacial score (nSPS) is 10.8. The summed E-state index contributed by atoms with van der Waals surface area (Å²) in [4.78, 5) is 17.0. The second kappa shape index (κ2) is 5.48. The molecule has 0 unspecified atom stereocenters. The number of fused-ring (bicyclic) bond motifs is 1. The highest BCUT2D eigenvalue weighted by Gasteiger charge is 2.11. The number of nitrogens with zero attached hydrogens (tertiary/aromatic N) is 4. The van der Waals surface area contributed by atoms with Crippen LogP contribution in [0.3, 0.4) is 0 Å². The van der Waals surface area contributed by atoms with Crippen molar-refractivity contribution < 1.29 is 4.92 Å². The number of rotatable bonds is 4. The zero-order valence-electron chi connectivity index (χ0n) is 12.4. The molecular formula is C16H16N4O2. The quantitative estimate of drug-likeness (QED) is 0.548. The van der Waals surface area contributed by atoms with Crippen LogP contribution in [0.4, 0.5) is 11.4 Å². The molecule has 0 bridgehead atoms. The van der Waals surface area contributed by atoms with Crippen molar-refractivity contribution in [1.29, 1.82) is 0 Å². The van der Waals surface area contributed by atoms with Crippen molar-refractivity contribution in [2.75, 3.05) is 11.9 Å². The van der Waals surface area contributed by atoms with Gasteiger partial charge in [0.25, 0.3) is 5.69 Å². The fourth-order valence-electron chi connectivity index (χ4n) is 2.47. The van der Waals surface area contributed by atoms with E-state index in [0.29, 0.717) is 6.54 Å². The fraction of sp³-hybridized carbons (Fsp3) is 0.188. The summed E-state index contributed by atoms with van der Waals surface area (Å²) in [5, 5.41) is 10.7. The molecule has 0 atom stereocenters. The third-order valence-electron chi connectivity index (χ3n) is 3.76. The molecule has 0 radical (unpaired) electrons. The summed E-state index contributed by atoms with van der Waals surface area (Å²) in [7, 11) is 3.94. The lowest BCUT2D eigenvalue weighted by Gasteiger charge is -2.18. The number of nitro groups is 1. The lowest BCUT2D eigenvalue weighted by atomic mass is 10.2. The Morgan fingerprint density at radius 2 is 1.86 bits per heavy atom. The molecule has 6 heteroatoms. The predicted octanol–water partition coefficient (Wildman–Crippen LogP) is 3.12. The summed E-state index contributed by atoms with van der Waals surface area (Å²) in [6.45, 7) is 0.628. The van der Waals surface area contributed by atoms with E-state index in [1.165, 1.54) is 12.1 Å². The van der Waals surface area contributed by atoms with Crippen LogP contribution in [0.25, 0.3) is 11.0 Å². The lowest BCUT2D eigenvalue weighted by Crippen LogP contribution is -2.18. The summed E-state index contributed by atoms with van der Waals surface area (Å²) in [6.07, 6.45) is 0. The number of hydrogen-bond donors (Lipinski definition) is 0. The van der Waals surface area contributed by atoms with Crippen molar-refractivity contribution in [3.8, 4) is 0 Å². The number of imidazole rings is 1. The van der Waals surface area contributed by atoms with Crippen LogP contribution in [0.15, 0.2) is 48.5 Å². The average molecular weight is 296 g/mol. The van der Waals surface area contributed by atoms with Gasteiger partial charge in [-0.15, -0.1) is 0 Å². The summed E-state index contributed by atoms with van der Waals surface area (Å²) in [5.74, 6) is 0.946. The highest BCUT2D eigenvalue weighted by Crippen LogP contribution is 2.21. The van der Waals surface area contributed by atoms with Gasteiger partial charge in [-0.1, -0.05) is 12.1 Å². The zero-order valence-corrected chi connectivity index (χ0v) is 12.4. The largest absolute Gasteiger partial charge is 0.367 e. The molecule has 0 fully saturated rings. The Bertz CT molecular complexity index is 824. The first kappa shape index (κ1) is 14.1. The van der Waals surface area contributed by atoms with E-state index >= 15 is 0 Å². The van der Waals surface area contributed by atoms with Crippen molar-refractivity contribution in [2.45, 2.75) is 6.54 Å². The number of para-hydroxylation sites is 2. The van der Waals surface area contributed by atoms with Crippen LogP contribution < -0.4 is 4.90 Å². The highest BCUT2D eigenvalue weighted by molar-refractivity contribution is 5.75. The molecule has 112 valence electrons. The van der Waals surface area contributed by atoms with E-state index in [-0.39, 0.29) is 5.69 Å². The number of benzene rings is 2. The third kappa shape index (κ3) is 2.50. The number of aromatic nitrogens is 2. The number of hydrogen-bond acceptors (Lipinski definition) is 4. The molecule has 0 saturated heterocycles. The Hall–Kier alpha value is -2.89. The number of anilines is 1. The Morgan fingerprint density at radius 3 is 2.50 bits per heavy atom. The molecule has 1 heterocycles. The lowest BCUT2D eigenvalue weighted by molar-refractivity contribution is -0.384. The number of aryl methyl sites for hydroxylation is 1. The first-order valence-electron chi connectivity index (χ1n) is 6.92. The smallest absolute Gasteiger partial charge is 0.269 e. The minimum absolute atomic E-state index is 0.0971. The maximum absolute atomic E-state index is 10.7. The minimum Gasteiger partial charge on any atom is -0.367 e. The van der Waals surface area contributed by atoms with E-state index < -0.39 is 4.92 Å². The third-order valence-corrected chi connectivity index (χ3v) is 3.76. The monoisotopic (exact) mass is 296 g/mol. The van der Waals surface area contributed by atoms with Crippen molar-refractivity contribution in [1.82, 2.24) is 9.55 Å². The predicted molar refractivity (Wildman–Crippen MR) is 85.9 cm³/mol. The fourth-order valence-corrected chi connectivity index (χ4v) is 2.47. The maximum Gasteiger partial charge on any atom is 0.269 e. The SMILES string of the molecule is CN(Cc1nc2ccccc2n1C)c1ccc([N+](=O)[O-])cc1. The van der Waals surface area contributed by atoms with Gasteiger partial charge in [-0.05, 0) is 24.3 Å². The first-order chi connectivity index (χ1) is 10.6. The van der Waals surface area contributed by atoms with E-state index in [1.807, 2.05) is 43.3 Å². The van der Waals surface area contributed by atoms with Crippen molar-refractivity contribution in [3.05, 3.63) is 64.5 Å². The van der Waals surface area contributed by atoms with Gasteiger partial charge in [0.1, 0.15) is 5.82 Å². The minimum atomic E-state index is -0.394. The number of non-ortho nitro benzene ring substituents is 1. The van der Waals surface area contributed by atoms with Gasteiger partial charge in [0.15, 0.2) is 0 Å². The molecule has 0 aliphatic rings. The molecule has 0 spiro atoms. The second-order valence-electron chi connectivity index (χ2n) is 5.21. The van der Waals surface area contributed by atoms with Crippen molar-refractivity contribution in [2.24, 2.45) is 7.05 Å². The molecule has 0 saturated carbocycles. The van der Waals surface area contributed by atoms with Crippen molar-refractivity contribution in [3.63, 3.8) is 0 Å². The van der Waals surface area contributed by atoms with Crippen LogP contribution in [-0.2, 0) is 13.6 Å². The molecule has 0 aliphatic heterocycles. The van der Waals surface area contributed by atoms with E-state index in [2.05, 4.69) is 9.55 Å². The van der Waals surface area contributed by atoms with Gasteiger partial charge in [0.2, 0.25) is 0 Å². The number of nitro benzene ring substituents is 1. The molecule has 3 aromatic rings. The van der Waals surface area contributed by atoms with Gasteiger partial charge >= 0.3 is 0 Å². The Kier molecular flexibility index (Phi) is 3.50. The van der Waals surface area contributed by atoms with Gasteiger partial charge in [-0.25, -0.2) is 4.98 Å². The van der Waals surface area contributed by atoms with Crippen molar-refractivity contribution >= 4 is 22.4 Å². The van der Waals surface area contributed by atoms with Gasteiger partial charge in [-0.2, -0.15) is 0 Å². The van der Waals surface area contributed by atoms with Gasteiger partial charge in [-0.3, -0.25) is 10.1 Å². The Morgan fingerprint density at radius 1 is 1.18 bits per heavy atom. The molecular weight excluding hydrogens is 280 g/mol. The van der Waals surface area contributed by atoms with E-state index in [0.717, 1.165) is 22.5 Å². The topological polar surface area (TPSA) is 64.2 Å². The summed E-state index contributed by atoms with van der Waals surface area (Å²) >= 11 is 0. The van der Waals surface area contributed by atoms with Crippen LogP contribution in [-0.4, -0.2) is 21.5 Å². The average Bonchev–Trinajstić information content (AvgIpc) is 2.84. The Balaban J connectivity index is 1.84. The summed E-state index contributed by atoms with van der Waals surface area (Å²) in [5.41, 5.74) is 3.07. The van der Waals surface area contributed by atoms with E-state index in [4.69, 9.17) is 0 Å². The highest BCUT2D eigenvalue weighted by atomic mass is 16.6. The second-order valence-corrected chi connectivity index (χ2v) is 5.21. The molecule has 6 nitrogen and oxygen atoms in total. The van der Waals surface area contributed by atoms with E-state index in [1.54, 1.807) is 12.1 Å². The molecule has 1 aromatic heterocycles. The molecule has 2 aromatic carbocycles. The first-order valence-corrected chi connectivity index (χ1v) is 6.92. The standard InChI is InChI=1S/C16H16N4O2/c1-18(12-7-9-13(10-8-12)20(21)22)11-16-17-14-5-3-4-6-15(14)19(16)2/h3-10H,11H2,1-2H3. The van der Waals surface area contributed by atoms with Crippen LogP contribution in [0.2, 0.25) is 0 Å².